The molecule has 0 radical (unpaired) electrons. The van der Waals surface area contributed by atoms with E-state index in [2.05, 4.69) is 53.6 Å². The van der Waals surface area contributed by atoms with E-state index in [1.54, 1.807) is 24.6 Å². The summed E-state index contributed by atoms with van der Waals surface area (Å²) in [5.74, 6) is 2.90. The van der Waals surface area contributed by atoms with Crippen LogP contribution in [0.3, 0.4) is 0 Å². The molecule has 7 heteroatoms. The number of benzene rings is 1. The molecule has 0 unspecified atom stereocenters. The van der Waals surface area contributed by atoms with Crippen molar-refractivity contribution in [2.24, 2.45) is 0 Å². The van der Waals surface area contributed by atoms with E-state index in [0.29, 0.717) is 24.9 Å². The van der Waals surface area contributed by atoms with Crippen LogP contribution in [0.2, 0.25) is 0 Å². The van der Waals surface area contributed by atoms with E-state index < -0.39 is 0 Å². The van der Waals surface area contributed by atoms with Crippen LogP contribution in [-0.2, 0) is 23.3 Å². The minimum Gasteiger partial charge on any atom is -0.443 e. The number of hydrogen-bond acceptors (Lipinski definition) is 7. The summed E-state index contributed by atoms with van der Waals surface area (Å²) in [5, 5.41) is 6.54. The Balaban J connectivity index is 1.71. The molecule has 4 rings (SSSR count). The molecule has 0 fully saturated rings. The Kier molecular flexibility index (Phi) is 5.34. The van der Waals surface area contributed by atoms with Gasteiger partial charge in [0.05, 0.1) is 18.1 Å². The third-order valence-corrected chi connectivity index (χ3v) is 5.41. The number of ether oxygens (including phenoxy) is 1. The molecule has 0 bridgehead atoms. The molecule has 0 saturated carbocycles. The molecule has 0 spiro atoms. The van der Waals surface area contributed by atoms with Crippen LogP contribution in [0.4, 0.5) is 5.82 Å². The average Bonchev–Trinajstić information content (AvgIpc) is 3.34. The van der Waals surface area contributed by atoms with Crippen LogP contribution < -0.4 is 5.32 Å². The van der Waals surface area contributed by atoms with Crippen LogP contribution in [0, 0.1) is 0 Å². The molecule has 0 aliphatic rings. The van der Waals surface area contributed by atoms with Crippen LogP contribution in [0.1, 0.15) is 38.2 Å². The van der Waals surface area contributed by atoms with Gasteiger partial charge >= 0.3 is 0 Å². The smallest absolute Gasteiger partial charge is 0.213 e. The second-order valence-corrected chi connectivity index (χ2v) is 8.70. The lowest BCUT2D eigenvalue weighted by molar-refractivity contribution is 0.178. The molecule has 0 saturated heterocycles. The Morgan fingerprint density at radius 2 is 1.93 bits per heavy atom. The summed E-state index contributed by atoms with van der Waals surface area (Å²) in [5.41, 5.74) is 2.17. The van der Waals surface area contributed by atoms with Crippen molar-refractivity contribution < 1.29 is 9.15 Å². The molecule has 29 heavy (non-hydrogen) atoms. The normalized spacial score (nSPS) is 11.9. The predicted octanol–water partition coefficient (Wildman–Crippen LogP) is 5.40. The van der Waals surface area contributed by atoms with Crippen molar-refractivity contribution in [2.45, 2.75) is 39.3 Å². The monoisotopic (exact) mass is 408 g/mol. The van der Waals surface area contributed by atoms with Crippen molar-refractivity contribution in [1.82, 2.24) is 15.0 Å². The molecule has 1 N–H and O–H groups in total. The number of nitrogens with one attached hydrogen (secondary N) is 1. The van der Waals surface area contributed by atoms with Crippen LogP contribution in [0.5, 0.6) is 0 Å². The Hall–Kier alpha value is -2.77. The van der Waals surface area contributed by atoms with Crippen molar-refractivity contribution in [2.75, 3.05) is 12.4 Å². The minimum absolute atomic E-state index is 0.0765. The summed E-state index contributed by atoms with van der Waals surface area (Å²) in [7, 11) is 1.64. The topological polar surface area (TPSA) is 73.1 Å². The van der Waals surface area contributed by atoms with Gasteiger partial charge in [-0.15, -0.1) is 11.3 Å². The fourth-order valence-electron chi connectivity index (χ4n) is 3.04. The highest BCUT2D eigenvalue weighted by molar-refractivity contribution is 7.17. The summed E-state index contributed by atoms with van der Waals surface area (Å²) >= 11 is 1.61. The van der Waals surface area contributed by atoms with Crippen LogP contribution in [0.15, 0.2) is 46.3 Å². The van der Waals surface area contributed by atoms with E-state index in [4.69, 9.17) is 14.1 Å². The molecular weight excluding hydrogens is 384 g/mol. The minimum atomic E-state index is -0.0765. The van der Waals surface area contributed by atoms with Gasteiger partial charge in [0, 0.05) is 23.5 Å². The van der Waals surface area contributed by atoms with E-state index in [1.165, 1.54) is 0 Å². The second-order valence-electron chi connectivity index (χ2n) is 7.84. The zero-order chi connectivity index (χ0) is 20.4. The van der Waals surface area contributed by atoms with Crippen LogP contribution >= 0.6 is 11.3 Å². The van der Waals surface area contributed by atoms with Crippen LogP contribution in [0.25, 0.3) is 21.3 Å². The number of methoxy groups -OCH3 is 1. The highest BCUT2D eigenvalue weighted by Crippen LogP contribution is 2.37. The third-order valence-electron chi connectivity index (χ3n) is 4.54. The number of anilines is 1. The molecule has 3 aromatic heterocycles. The fourth-order valence-corrected chi connectivity index (χ4v) is 4.00. The molecule has 4 aromatic rings. The first-order valence-electron chi connectivity index (χ1n) is 9.47. The number of thiophene rings is 1. The van der Waals surface area contributed by atoms with E-state index in [1.807, 2.05) is 18.2 Å². The largest absolute Gasteiger partial charge is 0.443 e. The predicted molar refractivity (Wildman–Crippen MR) is 116 cm³/mol. The summed E-state index contributed by atoms with van der Waals surface area (Å²) in [6.45, 7) is 7.11. The number of rotatable bonds is 6. The Bertz CT molecular complexity index is 1110. The average molecular weight is 409 g/mol. The van der Waals surface area contributed by atoms with Crippen molar-refractivity contribution in [1.29, 1.82) is 0 Å². The molecule has 150 valence electrons. The first kappa shape index (κ1) is 19.5. The molecule has 0 amide bonds. The van der Waals surface area contributed by atoms with Gasteiger partial charge in [-0.2, -0.15) is 0 Å². The van der Waals surface area contributed by atoms with Crippen molar-refractivity contribution in [3.05, 3.63) is 59.4 Å². The summed E-state index contributed by atoms with van der Waals surface area (Å²) in [4.78, 5) is 14.7. The van der Waals surface area contributed by atoms with Gasteiger partial charge in [0.2, 0.25) is 5.89 Å². The lowest BCUT2D eigenvalue weighted by Crippen LogP contribution is -2.09. The highest BCUT2D eigenvalue weighted by atomic mass is 32.1. The molecule has 3 heterocycles. The van der Waals surface area contributed by atoms with Crippen molar-refractivity contribution in [3.8, 4) is 11.1 Å². The maximum Gasteiger partial charge on any atom is 0.213 e. The Labute approximate surface area is 174 Å². The maximum atomic E-state index is 5.92. The number of aromatic nitrogens is 3. The third kappa shape index (κ3) is 4.16. The van der Waals surface area contributed by atoms with Gasteiger partial charge in [-0.25, -0.2) is 15.0 Å². The van der Waals surface area contributed by atoms with Gasteiger partial charge < -0.3 is 14.5 Å². The van der Waals surface area contributed by atoms with Gasteiger partial charge in [0.1, 0.15) is 23.0 Å². The van der Waals surface area contributed by atoms with Crippen molar-refractivity contribution >= 4 is 27.4 Å². The van der Waals surface area contributed by atoms with E-state index in [-0.39, 0.29) is 5.41 Å². The number of oxazole rings is 1. The van der Waals surface area contributed by atoms with Gasteiger partial charge in [-0.05, 0) is 5.56 Å². The first-order valence-corrected chi connectivity index (χ1v) is 10.3. The van der Waals surface area contributed by atoms with Gasteiger partial charge in [0.15, 0.2) is 5.82 Å². The Morgan fingerprint density at radius 3 is 2.62 bits per heavy atom. The number of hydrogen-bond donors (Lipinski definition) is 1. The lowest BCUT2D eigenvalue weighted by atomic mass is 9.94. The Morgan fingerprint density at radius 1 is 1.14 bits per heavy atom. The van der Waals surface area contributed by atoms with Crippen molar-refractivity contribution in [3.63, 3.8) is 0 Å². The zero-order valence-electron chi connectivity index (χ0n) is 17.0. The molecule has 0 aliphatic carbocycles. The molecule has 0 aliphatic heterocycles. The molecular formula is C22H24N4O2S. The number of nitrogens with zero attached hydrogens (tertiary/aromatic N) is 3. The fraction of sp³-hybridized carbons (Fsp3) is 0.318. The van der Waals surface area contributed by atoms with E-state index in [9.17, 15) is 0 Å². The summed E-state index contributed by atoms with van der Waals surface area (Å²) in [6, 6.07) is 10.3. The zero-order valence-corrected chi connectivity index (χ0v) is 17.8. The standard InChI is InChI=1S/C22H24N4O2S/c1-22(2,3)16-10-23-18(28-16)11-24-20-19-15(14-8-6-5-7-9-14)13-29-21(19)26-17(25-20)12-27-4/h5-10,13H,11-12H2,1-4H3,(H,24,25,26). The van der Waals surface area contributed by atoms with Crippen LogP contribution in [-0.4, -0.2) is 22.1 Å². The lowest BCUT2D eigenvalue weighted by Gasteiger charge is -2.13. The van der Waals surface area contributed by atoms with E-state index in [0.717, 1.165) is 32.9 Å². The molecule has 1 aromatic carbocycles. The quantitative estimate of drug-likeness (QED) is 0.460. The first-order chi connectivity index (χ1) is 14.0. The van der Waals surface area contributed by atoms with Gasteiger partial charge in [-0.1, -0.05) is 51.1 Å². The van der Waals surface area contributed by atoms with Gasteiger partial charge in [-0.3, -0.25) is 0 Å². The SMILES string of the molecule is COCc1nc(NCc2ncc(C(C)(C)C)o2)c2c(-c3ccccc3)csc2n1. The summed E-state index contributed by atoms with van der Waals surface area (Å²) in [6.07, 6.45) is 1.79. The second kappa shape index (κ2) is 7.93. The number of fused-ring (bicyclic) bond motifs is 1. The summed E-state index contributed by atoms with van der Waals surface area (Å²) < 4.78 is 11.2. The molecule has 0 atom stereocenters. The van der Waals surface area contributed by atoms with E-state index >= 15 is 0 Å². The maximum absolute atomic E-state index is 5.92. The van der Waals surface area contributed by atoms with Gasteiger partial charge in [0.25, 0.3) is 0 Å². The molecule has 6 nitrogen and oxygen atoms in total. The highest BCUT2D eigenvalue weighted by Gasteiger charge is 2.20.